The molecule has 2 unspecified atom stereocenters. The summed E-state index contributed by atoms with van der Waals surface area (Å²) in [6.45, 7) is 6.85. The minimum Gasteiger partial charge on any atom is -0.493 e. The molecule has 0 aliphatic rings. The molecule has 114 valence electrons. The third-order valence-electron chi connectivity index (χ3n) is 3.42. The van der Waals surface area contributed by atoms with Crippen molar-refractivity contribution in [3.63, 3.8) is 0 Å². The van der Waals surface area contributed by atoms with Crippen LogP contribution in [0.15, 0.2) is 18.2 Å². The highest BCUT2D eigenvalue weighted by Crippen LogP contribution is 2.23. The minimum atomic E-state index is -0.658. The third kappa shape index (κ3) is 5.51. The van der Waals surface area contributed by atoms with Gasteiger partial charge in [0, 0.05) is 0 Å². The zero-order chi connectivity index (χ0) is 15.0. The van der Waals surface area contributed by atoms with Gasteiger partial charge in [0.25, 0.3) is 0 Å². The molecule has 0 amide bonds. The van der Waals surface area contributed by atoms with Crippen LogP contribution in [0.2, 0.25) is 0 Å². The van der Waals surface area contributed by atoms with E-state index in [9.17, 15) is 10.2 Å². The summed E-state index contributed by atoms with van der Waals surface area (Å²) in [7, 11) is 0. The summed E-state index contributed by atoms with van der Waals surface area (Å²) in [5.74, 6) is 0.898. The Morgan fingerprint density at radius 2 is 1.75 bits per heavy atom. The van der Waals surface area contributed by atoms with E-state index in [1.165, 1.54) is 5.56 Å². The molecular weight excluding hydrogens is 252 g/mol. The van der Waals surface area contributed by atoms with Crippen molar-refractivity contribution in [2.24, 2.45) is 0 Å². The smallest absolute Gasteiger partial charge is 0.122 e. The summed E-state index contributed by atoms with van der Waals surface area (Å²) < 4.78 is 5.74. The summed E-state index contributed by atoms with van der Waals surface area (Å²) in [6.07, 6.45) is 2.52. The molecule has 2 atom stereocenters. The fourth-order valence-electron chi connectivity index (χ4n) is 2.24. The molecule has 20 heavy (non-hydrogen) atoms. The summed E-state index contributed by atoms with van der Waals surface area (Å²) in [4.78, 5) is 0. The Hall–Kier alpha value is -1.06. The van der Waals surface area contributed by atoms with Crippen LogP contribution in [0.25, 0.3) is 0 Å². The molecule has 1 rings (SSSR count). The number of aliphatic hydroxyl groups excluding tert-OH is 2. The van der Waals surface area contributed by atoms with Gasteiger partial charge in [0.15, 0.2) is 0 Å². The average molecular weight is 280 g/mol. The fraction of sp³-hybridized carbons (Fsp3) is 0.647. The summed E-state index contributed by atoms with van der Waals surface area (Å²) in [6, 6.07) is 6.13. The average Bonchev–Trinajstić information content (AvgIpc) is 2.44. The Labute approximate surface area is 122 Å². The van der Waals surface area contributed by atoms with Crippen molar-refractivity contribution in [2.45, 2.75) is 65.1 Å². The Kier molecular flexibility index (Phi) is 7.63. The van der Waals surface area contributed by atoms with Crippen molar-refractivity contribution < 1.29 is 14.9 Å². The lowest BCUT2D eigenvalue weighted by Gasteiger charge is -2.18. The van der Waals surface area contributed by atoms with E-state index >= 15 is 0 Å². The number of aryl methyl sites for hydroxylation is 2. The van der Waals surface area contributed by atoms with Crippen LogP contribution in [0.5, 0.6) is 5.75 Å². The maximum absolute atomic E-state index is 9.96. The number of rotatable bonds is 9. The highest BCUT2D eigenvalue weighted by atomic mass is 16.5. The number of aliphatic hydroxyl groups is 2. The van der Waals surface area contributed by atoms with E-state index in [1.54, 1.807) is 0 Å². The molecule has 0 aromatic heterocycles. The summed E-state index contributed by atoms with van der Waals surface area (Å²) >= 11 is 0. The normalized spacial score (nSPS) is 14.1. The van der Waals surface area contributed by atoms with Gasteiger partial charge in [-0.05, 0) is 44.2 Å². The van der Waals surface area contributed by atoms with E-state index < -0.39 is 12.2 Å². The topological polar surface area (TPSA) is 49.7 Å². The maximum Gasteiger partial charge on any atom is 0.122 e. The van der Waals surface area contributed by atoms with Gasteiger partial charge < -0.3 is 14.9 Å². The largest absolute Gasteiger partial charge is 0.493 e. The van der Waals surface area contributed by atoms with Crippen molar-refractivity contribution >= 4 is 0 Å². The first-order valence-corrected chi connectivity index (χ1v) is 7.66. The van der Waals surface area contributed by atoms with Crippen LogP contribution >= 0.6 is 0 Å². The summed E-state index contributed by atoms with van der Waals surface area (Å²) in [5, 5.41) is 19.7. The van der Waals surface area contributed by atoms with Crippen LogP contribution in [-0.4, -0.2) is 29.0 Å². The second-order valence-electron chi connectivity index (χ2n) is 5.42. The molecule has 0 aliphatic carbocycles. The van der Waals surface area contributed by atoms with Gasteiger partial charge in [0.1, 0.15) is 5.75 Å². The Morgan fingerprint density at radius 3 is 2.40 bits per heavy atom. The van der Waals surface area contributed by atoms with Gasteiger partial charge >= 0.3 is 0 Å². The van der Waals surface area contributed by atoms with Crippen molar-refractivity contribution in [3.8, 4) is 5.75 Å². The monoisotopic (exact) mass is 280 g/mol. The van der Waals surface area contributed by atoms with Gasteiger partial charge in [-0.3, -0.25) is 0 Å². The third-order valence-corrected chi connectivity index (χ3v) is 3.42. The standard InChI is InChI=1S/C17H28O3/c1-4-6-15(18)16(19)9-8-14-12-13(3)7-10-17(14)20-11-5-2/h7,10,12,15-16,18-19H,4-6,8-9,11H2,1-3H3. The van der Waals surface area contributed by atoms with Crippen LogP contribution in [0, 0.1) is 6.92 Å². The molecule has 0 bridgehead atoms. The van der Waals surface area contributed by atoms with Crippen molar-refractivity contribution in [1.82, 2.24) is 0 Å². The molecule has 3 heteroatoms. The van der Waals surface area contributed by atoms with Gasteiger partial charge in [-0.25, -0.2) is 0 Å². The molecule has 2 N–H and O–H groups in total. The van der Waals surface area contributed by atoms with E-state index in [1.807, 2.05) is 19.1 Å². The number of ether oxygens (including phenoxy) is 1. The Morgan fingerprint density at radius 1 is 1.05 bits per heavy atom. The van der Waals surface area contributed by atoms with E-state index in [0.29, 0.717) is 19.4 Å². The first-order valence-electron chi connectivity index (χ1n) is 7.66. The molecule has 1 aromatic carbocycles. The molecule has 0 radical (unpaired) electrons. The molecular formula is C17H28O3. The zero-order valence-electron chi connectivity index (χ0n) is 12.9. The van der Waals surface area contributed by atoms with Crippen LogP contribution in [0.1, 0.15) is 50.7 Å². The number of benzene rings is 1. The molecule has 0 aliphatic heterocycles. The highest BCUT2D eigenvalue weighted by Gasteiger charge is 2.16. The SMILES string of the molecule is CCCOc1ccc(C)cc1CCC(O)C(O)CCC. The lowest BCUT2D eigenvalue weighted by molar-refractivity contribution is 0.00972. The summed E-state index contributed by atoms with van der Waals surface area (Å²) in [5.41, 5.74) is 2.30. The molecule has 0 saturated heterocycles. The molecule has 0 heterocycles. The van der Waals surface area contributed by atoms with Crippen molar-refractivity contribution in [3.05, 3.63) is 29.3 Å². The molecule has 0 fully saturated rings. The Balaban J connectivity index is 2.63. The first kappa shape index (κ1) is 17.0. The lowest BCUT2D eigenvalue weighted by atomic mass is 9.99. The van der Waals surface area contributed by atoms with Crippen LogP contribution in [0.3, 0.4) is 0 Å². The first-order chi connectivity index (χ1) is 9.58. The van der Waals surface area contributed by atoms with E-state index in [0.717, 1.165) is 30.6 Å². The van der Waals surface area contributed by atoms with Crippen molar-refractivity contribution in [1.29, 1.82) is 0 Å². The fourth-order valence-corrected chi connectivity index (χ4v) is 2.24. The second-order valence-corrected chi connectivity index (χ2v) is 5.42. The molecule has 0 spiro atoms. The quantitative estimate of drug-likeness (QED) is 0.730. The number of hydrogen-bond acceptors (Lipinski definition) is 3. The van der Waals surface area contributed by atoms with Crippen LogP contribution < -0.4 is 4.74 Å². The van der Waals surface area contributed by atoms with Gasteiger partial charge in [-0.2, -0.15) is 0 Å². The van der Waals surface area contributed by atoms with Gasteiger partial charge in [-0.1, -0.05) is 38.0 Å². The zero-order valence-corrected chi connectivity index (χ0v) is 12.9. The van der Waals surface area contributed by atoms with Crippen LogP contribution in [-0.2, 0) is 6.42 Å². The lowest BCUT2D eigenvalue weighted by Crippen LogP contribution is -2.26. The Bertz CT molecular complexity index is 390. The highest BCUT2D eigenvalue weighted by molar-refractivity contribution is 5.37. The minimum absolute atomic E-state index is 0.563. The van der Waals surface area contributed by atoms with E-state index in [-0.39, 0.29) is 0 Å². The van der Waals surface area contributed by atoms with E-state index in [2.05, 4.69) is 19.9 Å². The van der Waals surface area contributed by atoms with Gasteiger partial charge in [0.2, 0.25) is 0 Å². The molecule has 0 saturated carbocycles. The van der Waals surface area contributed by atoms with E-state index in [4.69, 9.17) is 4.74 Å². The van der Waals surface area contributed by atoms with Gasteiger partial charge in [0.05, 0.1) is 18.8 Å². The predicted octanol–water partition coefficient (Wildman–Crippen LogP) is 3.24. The van der Waals surface area contributed by atoms with Crippen molar-refractivity contribution in [2.75, 3.05) is 6.61 Å². The number of hydrogen-bond donors (Lipinski definition) is 2. The predicted molar refractivity (Wildman–Crippen MR) is 82.2 cm³/mol. The second kappa shape index (κ2) is 8.98. The maximum atomic E-state index is 9.96. The molecule has 1 aromatic rings. The molecule has 3 nitrogen and oxygen atoms in total. The van der Waals surface area contributed by atoms with Gasteiger partial charge in [-0.15, -0.1) is 0 Å². The van der Waals surface area contributed by atoms with Crippen LogP contribution in [0.4, 0.5) is 0 Å².